The van der Waals surface area contributed by atoms with Crippen molar-refractivity contribution in [3.05, 3.63) is 53.3 Å². The molecule has 0 atom stereocenters. The minimum absolute atomic E-state index is 0.120. The lowest BCUT2D eigenvalue weighted by molar-refractivity contribution is 0.628. The first-order chi connectivity index (χ1) is 7.16. The van der Waals surface area contributed by atoms with Gasteiger partial charge in [-0.05, 0) is 35.4 Å². The number of anilines is 1. The quantitative estimate of drug-likeness (QED) is 0.730. The summed E-state index contributed by atoms with van der Waals surface area (Å²) in [6.45, 7) is 0. The van der Waals surface area contributed by atoms with Gasteiger partial charge in [0.2, 0.25) is 0 Å². The first-order valence-electron chi connectivity index (χ1n) is 4.48. The summed E-state index contributed by atoms with van der Waals surface area (Å²) < 4.78 is 12.9. The predicted molar refractivity (Wildman–Crippen MR) is 61.3 cm³/mol. The second-order valence-electron chi connectivity index (χ2n) is 3.25. The highest BCUT2D eigenvalue weighted by atomic mass is 35.5. The van der Waals surface area contributed by atoms with Crippen molar-refractivity contribution in [3.63, 3.8) is 0 Å². The molecule has 0 aliphatic heterocycles. The standard InChI is InChI=1S/C12H9ClFN/c13-11-7-9(4-5-12(11)14)8-2-1-3-10(15)6-8/h1-7H,15H2. The molecule has 0 radical (unpaired) electrons. The van der Waals surface area contributed by atoms with Crippen LogP contribution in [-0.2, 0) is 0 Å². The van der Waals surface area contributed by atoms with Gasteiger partial charge >= 0.3 is 0 Å². The molecule has 0 unspecified atom stereocenters. The minimum Gasteiger partial charge on any atom is -0.399 e. The van der Waals surface area contributed by atoms with Crippen LogP contribution in [0.25, 0.3) is 11.1 Å². The van der Waals surface area contributed by atoms with Gasteiger partial charge in [-0.1, -0.05) is 29.8 Å². The maximum absolute atomic E-state index is 12.9. The molecular formula is C12H9ClFN. The first kappa shape index (κ1) is 9.99. The van der Waals surface area contributed by atoms with E-state index in [2.05, 4.69) is 0 Å². The van der Waals surface area contributed by atoms with Crippen molar-refractivity contribution in [1.29, 1.82) is 0 Å². The number of hydrogen-bond acceptors (Lipinski definition) is 1. The normalized spacial score (nSPS) is 10.3. The van der Waals surface area contributed by atoms with Crippen molar-refractivity contribution in [2.24, 2.45) is 0 Å². The second kappa shape index (κ2) is 3.91. The molecule has 0 aliphatic carbocycles. The molecule has 2 rings (SSSR count). The van der Waals surface area contributed by atoms with Crippen molar-refractivity contribution < 1.29 is 4.39 Å². The van der Waals surface area contributed by atoms with Crippen LogP contribution in [0.15, 0.2) is 42.5 Å². The highest BCUT2D eigenvalue weighted by molar-refractivity contribution is 6.31. The molecule has 2 N–H and O–H groups in total. The molecule has 0 aliphatic rings. The molecule has 3 heteroatoms. The Morgan fingerprint density at radius 2 is 1.73 bits per heavy atom. The van der Waals surface area contributed by atoms with Gasteiger partial charge in [-0.2, -0.15) is 0 Å². The lowest BCUT2D eigenvalue weighted by Crippen LogP contribution is -1.85. The largest absolute Gasteiger partial charge is 0.399 e. The zero-order chi connectivity index (χ0) is 10.8. The van der Waals surface area contributed by atoms with Crippen LogP contribution in [0.1, 0.15) is 0 Å². The Labute approximate surface area is 92.3 Å². The average molecular weight is 222 g/mol. The summed E-state index contributed by atoms with van der Waals surface area (Å²) in [5.74, 6) is -0.413. The van der Waals surface area contributed by atoms with E-state index in [1.807, 2.05) is 18.2 Å². The van der Waals surface area contributed by atoms with Gasteiger partial charge in [-0.3, -0.25) is 0 Å². The number of rotatable bonds is 1. The minimum atomic E-state index is -0.413. The molecule has 0 amide bonds. The Morgan fingerprint density at radius 1 is 1.00 bits per heavy atom. The third kappa shape index (κ3) is 2.10. The number of nitrogen functional groups attached to an aromatic ring is 1. The summed E-state index contributed by atoms with van der Waals surface area (Å²) in [6, 6.07) is 12.0. The molecule has 0 saturated heterocycles. The monoisotopic (exact) mass is 221 g/mol. The molecule has 0 saturated carbocycles. The molecule has 2 aromatic carbocycles. The molecule has 0 bridgehead atoms. The van der Waals surface area contributed by atoms with E-state index in [0.29, 0.717) is 5.69 Å². The van der Waals surface area contributed by atoms with Crippen LogP contribution < -0.4 is 5.73 Å². The van der Waals surface area contributed by atoms with E-state index in [4.69, 9.17) is 17.3 Å². The fourth-order valence-electron chi connectivity index (χ4n) is 1.39. The molecule has 0 aromatic heterocycles. The highest BCUT2D eigenvalue weighted by Crippen LogP contribution is 2.25. The van der Waals surface area contributed by atoms with Gasteiger partial charge in [-0.15, -0.1) is 0 Å². The Morgan fingerprint density at radius 3 is 2.40 bits per heavy atom. The third-order valence-corrected chi connectivity index (χ3v) is 2.43. The topological polar surface area (TPSA) is 26.0 Å². The Kier molecular flexibility index (Phi) is 2.60. The lowest BCUT2D eigenvalue weighted by Gasteiger charge is -2.03. The Hall–Kier alpha value is -1.54. The fraction of sp³-hybridized carbons (Fsp3) is 0. The van der Waals surface area contributed by atoms with E-state index in [-0.39, 0.29) is 5.02 Å². The van der Waals surface area contributed by atoms with E-state index in [0.717, 1.165) is 11.1 Å². The van der Waals surface area contributed by atoms with Crippen molar-refractivity contribution >= 4 is 17.3 Å². The Bertz CT molecular complexity index is 497. The summed E-state index contributed by atoms with van der Waals surface area (Å²) in [5, 5.41) is 0.120. The van der Waals surface area contributed by atoms with Crippen LogP contribution in [-0.4, -0.2) is 0 Å². The average Bonchev–Trinajstić information content (AvgIpc) is 2.22. The molecular weight excluding hydrogens is 213 g/mol. The van der Waals surface area contributed by atoms with Crippen LogP contribution in [0.5, 0.6) is 0 Å². The van der Waals surface area contributed by atoms with Crippen LogP contribution >= 0.6 is 11.6 Å². The van der Waals surface area contributed by atoms with Crippen LogP contribution in [0.4, 0.5) is 10.1 Å². The molecule has 0 spiro atoms. The SMILES string of the molecule is Nc1cccc(-c2ccc(F)c(Cl)c2)c1. The van der Waals surface area contributed by atoms with Crippen LogP contribution in [0.3, 0.4) is 0 Å². The van der Waals surface area contributed by atoms with Crippen LogP contribution in [0.2, 0.25) is 5.02 Å². The van der Waals surface area contributed by atoms with Gasteiger partial charge in [0.1, 0.15) is 5.82 Å². The lowest BCUT2D eigenvalue weighted by atomic mass is 10.1. The van der Waals surface area contributed by atoms with Gasteiger partial charge < -0.3 is 5.73 Å². The van der Waals surface area contributed by atoms with E-state index in [1.165, 1.54) is 6.07 Å². The predicted octanol–water partition coefficient (Wildman–Crippen LogP) is 3.73. The molecule has 76 valence electrons. The maximum Gasteiger partial charge on any atom is 0.141 e. The number of hydrogen-bond donors (Lipinski definition) is 1. The van der Waals surface area contributed by atoms with E-state index in [9.17, 15) is 4.39 Å². The smallest absolute Gasteiger partial charge is 0.141 e. The van der Waals surface area contributed by atoms with Crippen molar-refractivity contribution in [2.75, 3.05) is 5.73 Å². The van der Waals surface area contributed by atoms with Crippen LogP contribution in [0, 0.1) is 5.82 Å². The van der Waals surface area contributed by atoms with E-state index >= 15 is 0 Å². The number of nitrogens with two attached hydrogens (primary N) is 1. The molecule has 2 aromatic rings. The second-order valence-corrected chi connectivity index (χ2v) is 3.66. The maximum atomic E-state index is 12.9. The van der Waals surface area contributed by atoms with E-state index < -0.39 is 5.82 Å². The van der Waals surface area contributed by atoms with E-state index in [1.54, 1.807) is 18.2 Å². The first-order valence-corrected chi connectivity index (χ1v) is 4.85. The fourth-order valence-corrected chi connectivity index (χ4v) is 1.57. The van der Waals surface area contributed by atoms with Crippen molar-refractivity contribution in [3.8, 4) is 11.1 Å². The highest BCUT2D eigenvalue weighted by Gasteiger charge is 2.02. The molecule has 0 heterocycles. The summed E-state index contributed by atoms with van der Waals surface area (Å²) >= 11 is 5.70. The van der Waals surface area contributed by atoms with Crippen molar-refractivity contribution in [2.45, 2.75) is 0 Å². The molecule has 1 nitrogen and oxygen atoms in total. The summed E-state index contributed by atoms with van der Waals surface area (Å²) in [5.41, 5.74) is 8.11. The zero-order valence-corrected chi connectivity index (χ0v) is 8.63. The number of benzene rings is 2. The Balaban J connectivity index is 2.50. The summed E-state index contributed by atoms with van der Waals surface area (Å²) in [6.07, 6.45) is 0. The zero-order valence-electron chi connectivity index (χ0n) is 7.87. The molecule has 15 heavy (non-hydrogen) atoms. The summed E-state index contributed by atoms with van der Waals surface area (Å²) in [4.78, 5) is 0. The van der Waals surface area contributed by atoms with Crippen molar-refractivity contribution in [1.82, 2.24) is 0 Å². The third-order valence-electron chi connectivity index (χ3n) is 2.14. The number of halogens is 2. The van der Waals surface area contributed by atoms with Gasteiger partial charge in [0, 0.05) is 5.69 Å². The van der Waals surface area contributed by atoms with Gasteiger partial charge in [-0.25, -0.2) is 4.39 Å². The molecule has 0 fully saturated rings. The van der Waals surface area contributed by atoms with Gasteiger partial charge in [0.25, 0.3) is 0 Å². The summed E-state index contributed by atoms with van der Waals surface area (Å²) in [7, 11) is 0. The van der Waals surface area contributed by atoms with Gasteiger partial charge in [0.05, 0.1) is 5.02 Å². The van der Waals surface area contributed by atoms with Gasteiger partial charge in [0.15, 0.2) is 0 Å².